The summed E-state index contributed by atoms with van der Waals surface area (Å²) >= 11 is 1.02. The molecule has 7 rings (SSSR count). The van der Waals surface area contributed by atoms with Crippen molar-refractivity contribution >= 4 is 49.1 Å². The third kappa shape index (κ3) is 6.47. The fraction of sp³-hybridized carbons (Fsp3) is 0.378. The maximum Gasteiger partial charge on any atom is 0.417 e. The minimum Gasteiger partial charge on any atom is -0.462 e. The van der Waals surface area contributed by atoms with E-state index < -0.39 is 34.1 Å². The van der Waals surface area contributed by atoms with Crippen LogP contribution in [-0.4, -0.2) is 82.8 Å². The number of carbonyl (C=O) groups is 1. The number of likely N-dealkylation sites (tertiary alicyclic amines) is 1. The Hall–Kier alpha value is -5.34. The van der Waals surface area contributed by atoms with Crippen LogP contribution in [0.1, 0.15) is 47.1 Å². The number of halogens is 5. The van der Waals surface area contributed by atoms with Gasteiger partial charge >= 0.3 is 12.2 Å². The molecule has 0 radical (unpaired) electrons. The molecule has 11 nitrogen and oxygen atoms in total. The Balaban J connectivity index is 1.45. The van der Waals surface area contributed by atoms with E-state index in [1.165, 1.54) is 17.0 Å². The van der Waals surface area contributed by atoms with Crippen molar-refractivity contribution in [3.8, 4) is 23.2 Å². The van der Waals surface area contributed by atoms with Gasteiger partial charge in [-0.25, -0.2) is 8.78 Å². The number of carbonyl (C=O) groups excluding carboxylic acids is 1. The molecule has 3 aromatic heterocycles. The number of aryl methyl sites for hydroxylation is 1. The number of nitrogen functional groups attached to an aromatic ring is 1. The number of aromatic nitrogens is 4. The minimum atomic E-state index is -5.05. The van der Waals surface area contributed by atoms with E-state index in [1.807, 2.05) is 24.9 Å². The first-order valence-electron chi connectivity index (χ1n) is 17.1. The number of nitrogens with zero attached hydrogens (tertiary/aromatic N) is 8. The zero-order valence-corrected chi connectivity index (χ0v) is 30.7. The number of amides is 1. The number of nitriles is 1. The predicted octanol–water partition coefficient (Wildman–Crippen LogP) is 7.01. The van der Waals surface area contributed by atoms with Gasteiger partial charge in [-0.05, 0) is 49.2 Å². The Labute approximate surface area is 311 Å². The van der Waals surface area contributed by atoms with Gasteiger partial charge in [0, 0.05) is 66.7 Å². The Morgan fingerprint density at radius 3 is 2.69 bits per heavy atom. The summed E-state index contributed by atoms with van der Waals surface area (Å²) in [7, 11) is 5.09. The second-order valence-corrected chi connectivity index (χ2v) is 15.2. The molecule has 0 aliphatic carbocycles. The molecule has 5 heterocycles. The van der Waals surface area contributed by atoms with Crippen LogP contribution in [0.5, 0.6) is 6.01 Å². The first kappa shape index (κ1) is 37.0. The van der Waals surface area contributed by atoms with Gasteiger partial charge in [0.1, 0.15) is 29.0 Å². The summed E-state index contributed by atoms with van der Waals surface area (Å²) in [6, 6.07) is 8.50. The van der Waals surface area contributed by atoms with Crippen LogP contribution in [0.15, 0.2) is 42.2 Å². The fourth-order valence-electron chi connectivity index (χ4n) is 7.38. The van der Waals surface area contributed by atoms with Crippen LogP contribution in [-0.2, 0) is 19.3 Å². The molecule has 1 atom stereocenters. The lowest BCUT2D eigenvalue weighted by Crippen LogP contribution is -2.44. The van der Waals surface area contributed by atoms with Crippen molar-refractivity contribution in [3.05, 3.63) is 70.6 Å². The van der Waals surface area contributed by atoms with E-state index >= 15 is 17.6 Å². The smallest absolute Gasteiger partial charge is 0.417 e. The normalized spacial score (nSPS) is 18.9. The number of alkyl halides is 3. The van der Waals surface area contributed by atoms with Gasteiger partial charge in [-0.2, -0.15) is 33.5 Å². The molecule has 2 aliphatic heterocycles. The SMILES string of the molecule is CN1CC/C(=C\F)[C@](C)(COc2nc(N3CCCn4nc(C(=O)N(C)C)cc4C3)c3cc(C(F)(F)F)c(-c4cccc5sc(N)c(C#N)c45)c(F)c3n2)C1. The Morgan fingerprint density at radius 1 is 1.20 bits per heavy atom. The van der Waals surface area contributed by atoms with E-state index in [4.69, 9.17) is 10.5 Å². The van der Waals surface area contributed by atoms with Crippen molar-refractivity contribution in [3.63, 3.8) is 0 Å². The average molecular weight is 766 g/mol. The summed E-state index contributed by atoms with van der Waals surface area (Å²) in [6.45, 7) is 3.57. The minimum absolute atomic E-state index is 0.0241. The molecule has 2 aliphatic rings. The summed E-state index contributed by atoms with van der Waals surface area (Å²) in [5, 5.41) is 14.3. The number of thiophene rings is 1. The summed E-state index contributed by atoms with van der Waals surface area (Å²) in [5.41, 5.74) is 3.84. The number of hydrogen-bond donors (Lipinski definition) is 1. The number of piperidine rings is 1. The molecule has 0 unspecified atom stereocenters. The van der Waals surface area contributed by atoms with Gasteiger partial charge in [0.2, 0.25) is 0 Å². The van der Waals surface area contributed by atoms with E-state index in [9.17, 15) is 14.4 Å². The van der Waals surface area contributed by atoms with Crippen molar-refractivity contribution in [2.75, 3.05) is 58.0 Å². The largest absolute Gasteiger partial charge is 0.462 e. The number of hydrogen-bond acceptors (Lipinski definition) is 10. The lowest BCUT2D eigenvalue weighted by atomic mass is 9.78. The van der Waals surface area contributed by atoms with Gasteiger partial charge in [-0.1, -0.05) is 19.1 Å². The third-order valence-corrected chi connectivity index (χ3v) is 11.1. The predicted molar refractivity (Wildman–Crippen MR) is 195 cm³/mol. The van der Waals surface area contributed by atoms with E-state index in [1.54, 1.807) is 35.8 Å². The van der Waals surface area contributed by atoms with Crippen LogP contribution in [0, 0.1) is 22.6 Å². The molecule has 1 saturated heterocycles. The molecule has 282 valence electrons. The molecule has 17 heteroatoms. The molecule has 1 amide bonds. The molecule has 2 N–H and O–H groups in total. The fourth-order valence-corrected chi connectivity index (χ4v) is 8.33. The zero-order valence-electron chi connectivity index (χ0n) is 29.9. The van der Waals surface area contributed by atoms with Gasteiger partial charge in [0.25, 0.3) is 5.91 Å². The zero-order chi connectivity index (χ0) is 38.7. The number of rotatable bonds is 6. The van der Waals surface area contributed by atoms with Gasteiger partial charge < -0.3 is 25.2 Å². The van der Waals surface area contributed by atoms with E-state index in [-0.39, 0.29) is 70.0 Å². The number of nitrogens with two attached hydrogens (primary N) is 1. The highest BCUT2D eigenvalue weighted by molar-refractivity contribution is 7.23. The average Bonchev–Trinajstić information content (AvgIpc) is 3.61. The summed E-state index contributed by atoms with van der Waals surface area (Å²) in [6.07, 6.45) is -3.57. The van der Waals surface area contributed by atoms with Crippen LogP contribution >= 0.6 is 11.3 Å². The highest BCUT2D eigenvalue weighted by Gasteiger charge is 2.39. The van der Waals surface area contributed by atoms with Gasteiger partial charge in [-0.3, -0.25) is 9.48 Å². The Bertz CT molecular complexity index is 2380. The van der Waals surface area contributed by atoms with E-state index in [2.05, 4.69) is 15.1 Å². The van der Waals surface area contributed by atoms with Gasteiger partial charge in [0.05, 0.1) is 29.7 Å². The number of benzene rings is 2. The van der Waals surface area contributed by atoms with Crippen molar-refractivity contribution in [1.82, 2.24) is 29.5 Å². The monoisotopic (exact) mass is 765 g/mol. The van der Waals surface area contributed by atoms with E-state index in [0.29, 0.717) is 54.8 Å². The Morgan fingerprint density at radius 2 is 1.98 bits per heavy atom. The van der Waals surface area contributed by atoms with Gasteiger partial charge in [-0.15, -0.1) is 11.3 Å². The highest BCUT2D eigenvalue weighted by atomic mass is 32.1. The van der Waals surface area contributed by atoms with Crippen LogP contribution in [0.2, 0.25) is 0 Å². The maximum atomic E-state index is 17.3. The molecule has 54 heavy (non-hydrogen) atoms. The van der Waals surface area contributed by atoms with Gasteiger partial charge in [0.15, 0.2) is 11.5 Å². The summed E-state index contributed by atoms with van der Waals surface area (Å²) < 4.78 is 85.0. The molecule has 0 saturated carbocycles. The van der Waals surface area contributed by atoms with Crippen molar-refractivity contribution in [1.29, 1.82) is 5.26 Å². The lowest BCUT2D eigenvalue weighted by Gasteiger charge is -2.40. The van der Waals surface area contributed by atoms with Crippen LogP contribution in [0.4, 0.5) is 32.8 Å². The molecule has 0 bridgehead atoms. The quantitative estimate of drug-likeness (QED) is 0.182. The second-order valence-electron chi connectivity index (χ2n) is 14.2. The Kier molecular flexibility index (Phi) is 9.47. The topological polar surface area (TPSA) is 129 Å². The third-order valence-electron chi connectivity index (χ3n) is 10.1. The number of anilines is 2. The summed E-state index contributed by atoms with van der Waals surface area (Å²) in [5.74, 6) is -1.63. The number of fused-ring (bicyclic) bond motifs is 3. The highest BCUT2D eigenvalue weighted by Crippen LogP contribution is 2.48. The van der Waals surface area contributed by atoms with Crippen molar-refractivity contribution in [2.24, 2.45) is 5.41 Å². The molecular formula is C37H36F5N9O2S. The molecular weight excluding hydrogens is 730 g/mol. The lowest BCUT2D eigenvalue weighted by molar-refractivity contribution is -0.137. The number of ether oxygens (including phenoxy) is 1. The first-order valence-corrected chi connectivity index (χ1v) is 17.9. The van der Waals surface area contributed by atoms with E-state index in [0.717, 1.165) is 17.4 Å². The molecule has 1 fully saturated rings. The first-order chi connectivity index (χ1) is 25.6. The van der Waals surface area contributed by atoms with Crippen LogP contribution < -0.4 is 15.4 Å². The summed E-state index contributed by atoms with van der Waals surface area (Å²) in [4.78, 5) is 26.8. The maximum absolute atomic E-state index is 17.3. The van der Waals surface area contributed by atoms with Crippen LogP contribution in [0.3, 0.4) is 0 Å². The standard InChI is InChI=1S/C37H36F5N9O2S/c1-36(18-49(4)12-9-20(36)15-38)19-53-35-45-31-23(33(46-35)50-10-6-11-51-21(17-50)13-26(47-51)34(52)48(2)3)14-25(37(40,41)42)29(30(31)39)22-7-5-8-27-28(22)24(16-43)32(44)54-27/h5,7-8,13-15H,6,9-12,17-19,44H2,1-4H3/b20-15+/t36-/m0/s1. The van der Waals surface area contributed by atoms with Crippen molar-refractivity contribution in [2.45, 2.75) is 39.0 Å². The second kappa shape index (κ2) is 13.8. The van der Waals surface area contributed by atoms with Crippen molar-refractivity contribution < 1.29 is 31.5 Å². The molecule has 2 aromatic carbocycles. The molecule has 0 spiro atoms. The molecule has 5 aromatic rings. The van der Waals surface area contributed by atoms with Crippen LogP contribution in [0.25, 0.3) is 32.1 Å².